The number of aliphatic hydroxyl groups excluding tert-OH is 1. The number of anilines is 1. The number of carbonyl (C=O) groups is 1. The van der Waals surface area contributed by atoms with Crippen LogP contribution in [0.2, 0.25) is 0 Å². The SMILES string of the molecule is C=C(C)CCN1CCC(N2Cc3cc4[nH]c(-c5c(NC[C@@H](O)COc6ccc(C)cc6C)cc[nH]c5=O)nc4cc3C2=O)CC1. The molecule has 0 unspecified atom stereocenters. The van der Waals surface area contributed by atoms with Crippen LogP contribution >= 0.6 is 0 Å². The first-order valence-electron chi connectivity index (χ1n) is 15.7. The number of amides is 1. The summed E-state index contributed by atoms with van der Waals surface area (Å²) < 4.78 is 5.82. The van der Waals surface area contributed by atoms with Gasteiger partial charge in [0.25, 0.3) is 11.5 Å². The number of ether oxygens (including phenoxy) is 1. The zero-order valence-corrected chi connectivity index (χ0v) is 26.3. The van der Waals surface area contributed by atoms with Gasteiger partial charge in [0.1, 0.15) is 29.8 Å². The fraction of sp³-hybridized carbons (Fsp3) is 0.400. The molecule has 2 aromatic heterocycles. The first-order chi connectivity index (χ1) is 21.7. The van der Waals surface area contributed by atoms with Crippen molar-refractivity contribution in [2.24, 2.45) is 0 Å². The van der Waals surface area contributed by atoms with Crippen molar-refractivity contribution in [1.29, 1.82) is 0 Å². The number of fused-ring (bicyclic) bond motifs is 2. The number of carbonyl (C=O) groups excluding carboxylic acids is 1. The third-order valence-electron chi connectivity index (χ3n) is 8.88. The molecule has 2 aliphatic rings. The number of benzene rings is 2. The van der Waals surface area contributed by atoms with Gasteiger partial charge in [-0.25, -0.2) is 4.98 Å². The minimum Gasteiger partial charge on any atom is -0.491 e. The molecular formula is C35H42N6O4. The highest BCUT2D eigenvalue weighted by Crippen LogP contribution is 2.33. The molecule has 0 bridgehead atoms. The number of aromatic amines is 2. The first kappa shape index (κ1) is 30.6. The molecule has 4 heterocycles. The van der Waals surface area contributed by atoms with Crippen molar-refractivity contribution < 1.29 is 14.6 Å². The number of rotatable bonds is 11. The van der Waals surface area contributed by atoms with Gasteiger partial charge in [-0.05, 0) is 75.4 Å². The maximum Gasteiger partial charge on any atom is 0.261 e. The lowest BCUT2D eigenvalue weighted by Gasteiger charge is -2.36. The topological polar surface area (TPSA) is 127 Å². The molecular weight excluding hydrogens is 568 g/mol. The van der Waals surface area contributed by atoms with E-state index >= 15 is 0 Å². The van der Waals surface area contributed by atoms with Gasteiger partial charge in [-0.3, -0.25) is 9.59 Å². The summed E-state index contributed by atoms with van der Waals surface area (Å²) in [6.07, 6.45) is 3.69. The van der Waals surface area contributed by atoms with E-state index in [9.17, 15) is 14.7 Å². The molecule has 0 aliphatic carbocycles. The largest absolute Gasteiger partial charge is 0.491 e. The van der Waals surface area contributed by atoms with Gasteiger partial charge < -0.3 is 34.9 Å². The zero-order chi connectivity index (χ0) is 31.7. The van der Waals surface area contributed by atoms with E-state index in [2.05, 4.69) is 33.7 Å². The fourth-order valence-electron chi connectivity index (χ4n) is 6.35. The van der Waals surface area contributed by atoms with E-state index in [1.807, 2.05) is 49.1 Å². The maximum atomic E-state index is 13.5. The second-order valence-corrected chi connectivity index (χ2v) is 12.5. The molecule has 1 fully saturated rings. The van der Waals surface area contributed by atoms with Crippen LogP contribution in [-0.4, -0.2) is 80.7 Å². The summed E-state index contributed by atoms with van der Waals surface area (Å²) >= 11 is 0. The van der Waals surface area contributed by atoms with E-state index < -0.39 is 6.10 Å². The van der Waals surface area contributed by atoms with Gasteiger partial charge in [0.2, 0.25) is 0 Å². The summed E-state index contributed by atoms with van der Waals surface area (Å²) in [7, 11) is 0. The van der Waals surface area contributed by atoms with Crippen molar-refractivity contribution in [3.05, 3.63) is 87.4 Å². The molecule has 4 aromatic rings. The Labute approximate surface area is 263 Å². The standard InChI is InChI=1S/C35H42N6O4/c1-21(2)8-12-40-13-9-25(10-14-40)41-19-24-16-29-30(17-27(24)35(41)44)39-33(38-29)32-28(7-11-36-34(32)43)37-18-26(42)20-45-31-6-5-22(3)15-23(31)4/h5-7,11,15-17,25-26,42H,1,8-10,12-14,18-20H2,2-4H3,(H,38,39)(H2,36,37,43)/t26-/m1/s1. The van der Waals surface area contributed by atoms with Gasteiger partial charge in [-0.1, -0.05) is 23.3 Å². The van der Waals surface area contributed by atoms with Crippen molar-refractivity contribution >= 4 is 22.6 Å². The molecule has 1 atom stereocenters. The quantitative estimate of drug-likeness (QED) is 0.180. The highest BCUT2D eigenvalue weighted by molar-refractivity contribution is 6.02. The number of hydrogen-bond acceptors (Lipinski definition) is 7. The van der Waals surface area contributed by atoms with Gasteiger partial charge in [0.15, 0.2) is 0 Å². The van der Waals surface area contributed by atoms with Crippen LogP contribution in [0.25, 0.3) is 22.4 Å². The van der Waals surface area contributed by atoms with E-state index in [-0.39, 0.29) is 30.7 Å². The number of likely N-dealkylation sites (tertiary alicyclic amines) is 1. The van der Waals surface area contributed by atoms with Gasteiger partial charge in [0, 0.05) is 50.5 Å². The van der Waals surface area contributed by atoms with Crippen LogP contribution in [0, 0.1) is 13.8 Å². The molecule has 0 saturated carbocycles. The molecule has 1 amide bonds. The first-order valence-corrected chi connectivity index (χ1v) is 15.7. The summed E-state index contributed by atoms with van der Waals surface area (Å²) in [6.45, 7) is 13.9. The fourth-order valence-corrected chi connectivity index (χ4v) is 6.35. The molecule has 6 rings (SSSR count). The van der Waals surface area contributed by atoms with E-state index in [1.165, 1.54) is 5.57 Å². The third-order valence-corrected chi connectivity index (χ3v) is 8.88. The second kappa shape index (κ2) is 12.9. The van der Waals surface area contributed by atoms with Crippen molar-refractivity contribution in [2.75, 3.05) is 38.1 Å². The third kappa shape index (κ3) is 6.67. The summed E-state index contributed by atoms with van der Waals surface area (Å²) in [5, 5.41) is 13.8. The predicted molar refractivity (Wildman–Crippen MR) is 177 cm³/mol. The van der Waals surface area contributed by atoms with E-state index in [1.54, 1.807) is 12.3 Å². The number of H-pyrrole nitrogens is 2. The number of hydrogen-bond donors (Lipinski definition) is 4. The Bertz CT molecular complexity index is 1780. The Morgan fingerprint density at radius 3 is 2.73 bits per heavy atom. The average molecular weight is 611 g/mol. The van der Waals surface area contributed by atoms with Crippen molar-refractivity contribution in [3.8, 4) is 17.1 Å². The summed E-state index contributed by atoms with van der Waals surface area (Å²) in [5.41, 5.74) is 6.96. The molecule has 10 nitrogen and oxygen atoms in total. The van der Waals surface area contributed by atoms with Crippen LogP contribution in [0.4, 0.5) is 5.69 Å². The highest BCUT2D eigenvalue weighted by atomic mass is 16.5. The Balaban J connectivity index is 1.13. The Morgan fingerprint density at radius 1 is 1.18 bits per heavy atom. The Kier molecular flexibility index (Phi) is 8.78. The lowest BCUT2D eigenvalue weighted by molar-refractivity contribution is 0.0598. The highest BCUT2D eigenvalue weighted by Gasteiger charge is 2.35. The molecule has 2 aliphatic heterocycles. The van der Waals surface area contributed by atoms with Crippen LogP contribution in [0.1, 0.15) is 53.2 Å². The number of piperidine rings is 1. The lowest BCUT2D eigenvalue weighted by atomic mass is 10.0. The van der Waals surface area contributed by atoms with Crippen LogP contribution in [0.5, 0.6) is 5.75 Å². The number of aromatic nitrogens is 3. The van der Waals surface area contributed by atoms with Crippen LogP contribution in [-0.2, 0) is 6.54 Å². The van der Waals surface area contributed by atoms with Crippen molar-refractivity contribution in [3.63, 3.8) is 0 Å². The number of nitrogens with zero attached hydrogens (tertiary/aromatic N) is 3. The van der Waals surface area contributed by atoms with Gasteiger partial charge in [-0.15, -0.1) is 6.58 Å². The zero-order valence-electron chi connectivity index (χ0n) is 26.3. The number of imidazole rings is 1. The van der Waals surface area contributed by atoms with Crippen molar-refractivity contribution in [2.45, 2.75) is 58.7 Å². The normalized spacial score (nSPS) is 16.3. The summed E-state index contributed by atoms with van der Waals surface area (Å²) in [6, 6.07) is 11.7. The molecule has 45 heavy (non-hydrogen) atoms. The van der Waals surface area contributed by atoms with E-state index in [0.717, 1.165) is 66.9 Å². The maximum absolute atomic E-state index is 13.5. The molecule has 0 spiro atoms. The number of nitrogens with one attached hydrogen (secondary N) is 3. The lowest BCUT2D eigenvalue weighted by Crippen LogP contribution is -2.45. The summed E-state index contributed by atoms with van der Waals surface area (Å²) in [4.78, 5) is 41.7. The molecule has 0 radical (unpaired) electrons. The van der Waals surface area contributed by atoms with Gasteiger partial charge in [-0.2, -0.15) is 0 Å². The van der Waals surface area contributed by atoms with Crippen molar-refractivity contribution in [1.82, 2.24) is 24.8 Å². The Hall–Kier alpha value is -4.41. The van der Waals surface area contributed by atoms with Gasteiger partial charge >= 0.3 is 0 Å². The number of aliphatic hydroxyl groups is 1. The number of pyridine rings is 1. The molecule has 4 N–H and O–H groups in total. The van der Waals surface area contributed by atoms with E-state index in [0.29, 0.717) is 34.7 Å². The average Bonchev–Trinajstić information content (AvgIpc) is 3.57. The molecule has 1 saturated heterocycles. The minimum absolute atomic E-state index is 0.0498. The van der Waals surface area contributed by atoms with Crippen LogP contribution in [0.15, 0.2) is 59.5 Å². The van der Waals surface area contributed by atoms with Gasteiger partial charge in [0.05, 0.1) is 16.7 Å². The number of aryl methyl sites for hydroxylation is 2. The molecule has 236 valence electrons. The molecule has 2 aromatic carbocycles. The predicted octanol–water partition coefficient (Wildman–Crippen LogP) is 4.77. The Morgan fingerprint density at radius 2 is 1.98 bits per heavy atom. The smallest absolute Gasteiger partial charge is 0.261 e. The van der Waals surface area contributed by atoms with Crippen LogP contribution in [0.3, 0.4) is 0 Å². The van der Waals surface area contributed by atoms with Crippen LogP contribution < -0.4 is 15.6 Å². The monoisotopic (exact) mass is 610 g/mol. The molecule has 10 heteroatoms. The summed E-state index contributed by atoms with van der Waals surface area (Å²) in [5.74, 6) is 1.17. The van der Waals surface area contributed by atoms with E-state index in [4.69, 9.17) is 9.72 Å². The second-order valence-electron chi connectivity index (χ2n) is 12.5. The minimum atomic E-state index is -0.811.